The number of carbonyl (C=O) groups is 1. The van der Waals surface area contributed by atoms with Gasteiger partial charge in [0.2, 0.25) is 5.91 Å². The van der Waals surface area contributed by atoms with Crippen LogP contribution in [0, 0.1) is 17.8 Å². The third kappa shape index (κ3) is 4.17. The lowest BCUT2D eigenvalue weighted by molar-refractivity contribution is -0.122. The minimum atomic E-state index is -0.162. The van der Waals surface area contributed by atoms with Crippen LogP contribution in [0.4, 0.5) is 5.69 Å². The highest BCUT2D eigenvalue weighted by Gasteiger charge is 2.25. The monoisotopic (exact) mass is 386 g/mol. The Balaban J connectivity index is 1.39. The summed E-state index contributed by atoms with van der Waals surface area (Å²) in [5, 5.41) is 1.05. The van der Waals surface area contributed by atoms with E-state index in [1.165, 1.54) is 0 Å². The van der Waals surface area contributed by atoms with E-state index in [0.717, 1.165) is 27.9 Å². The molecule has 1 aromatic heterocycles. The summed E-state index contributed by atoms with van der Waals surface area (Å²) >= 11 is 0. The van der Waals surface area contributed by atoms with Crippen LogP contribution in [-0.2, 0) is 4.79 Å². The van der Waals surface area contributed by atoms with Gasteiger partial charge in [0.1, 0.15) is 11.5 Å². The van der Waals surface area contributed by atoms with Gasteiger partial charge in [-0.1, -0.05) is 24.8 Å². The number of amides is 1. The molecule has 1 atom stereocenters. The van der Waals surface area contributed by atoms with Crippen LogP contribution in [0.2, 0.25) is 0 Å². The van der Waals surface area contributed by atoms with Crippen LogP contribution in [0.25, 0.3) is 10.9 Å². The van der Waals surface area contributed by atoms with E-state index >= 15 is 0 Å². The van der Waals surface area contributed by atoms with E-state index in [0.29, 0.717) is 25.4 Å². The maximum Gasteiger partial charge on any atom is 0.233 e. The Hall–Kier alpha value is -3.52. The number of aromatic nitrogens is 1. The standard InChI is InChI=1S/C24H22N2O3/c1-17-16-29-23-11-8-18(14-22(23)26(2)24(17)27)6-3-4-13-28-20-9-10-21-19(15-20)7-5-12-25-21/h5,7-12,14-15,17H,4,13,16H2,1-2H3/t17-/m0/s1. The minimum Gasteiger partial charge on any atom is -0.493 e. The molecule has 3 aromatic rings. The molecule has 4 rings (SSSR count). The molecular formula is C24H22N2O3. The molecule has 5 heteroatoms. The van der Waals surface area contributed by atoms with E-state index in [-0.39, 0.29) is 11.8 Å². The lowest BCUT2D eigenvalue weighted by Gasteiger charge is -2.17. The number of fused-ring (bicyclic) bond motifs is 2. The van der Waals surface area contributed by atoms with Crippen LogP contribution in [-0.4, -0.2) is 31.2 Å². The first-order valence-electron chi connectivity index (χ1n) is 9.63. The Bertz CT molecular complexity index is 1110. The maximum atomic E-state index is 12.3. The highest BCUT2D eigenvalue weighted by Crippen LogP contribution is 2.32. The molecule has 2 heterocycles. The van der Waals surface area contributed by atoms with Crippen molar-refractivity contribution in [1.82, 2.24) is 4.98 Å². The Morgan fingerprint density at radius 2 is 2.14 bits per heavy atom. The molecular weight excluding hydrogens is 364 g/mol. The molecule has 1 amide bonds. The first-order chi connectivity index (χ1) is 14.1. The van der Waals surface area contributed by atoms with Gasteiger partial charge in [-0.25, -0.2) is 0 Å². The third-order valence-electron chi connectivity index (χ3n) is 4.86. The van der Waals surface area contributed by atoms with Crippen LogP contribution < -0.4 is 14.4 Å². The molecule has 0 spiro atoms. The largest absolute Gasteiger partial charge is 0.493 e. The predicted octanol–water partition coefficient (Wildman–Crippen LogP) is 4.05. The Morgan fingerprint density at radius 3 is 3.03 bits per heavy atom. The van der Waals surface area contributed by atoms with Crippen LogP contribution >= 0.6 is 0 Å². The number of rotatable bonds is 3. The van der Waals surface area contributed by atoms with E-state index < -0.39 is 0 Å². The van der Waals surface area contributed by atoms with Gasteiger partial charge in [0.15, 0.2) is 0 Å². The summed E-state index contributed by atoms with van der Waals surface area (Å²) in [4.78, 5) is 18.3. The van der Waals surface area contributed by atoms with Crippen molar-refractivity contribution in [1.29, 1.82) is 0 Å². The van der Waals surface area contributed by atoms with E-state index in [2.05, 4.69) is 16.8 Å². The average Bonchev–Trinajstić information content (AvgIpc) is 2.85. The van der Waals surface area contributed by atoms with Crippen LogP contribution in [0.15, 0.2) is 54.7 Å². The molecule has 29 heavy (non-hydrogen) atoms. The topological polar surface area (TPSA) is 51.7 Å². The maximum absolute atomic E-state index is 12.3. The fourth-order valence-electron chi connectivity index (χ4n) is 3.24. The van der Waals surface area contributed by atoms with Crippen molar-refractivity contribution in [2.75, 3.05) is 25.2 Å². The smallest absolute Gasteiger partial charge is 0.233 e. The van der Waals surface area contributed by atoms with Crippen LogP contribution in [0.1, 0.15) is 18.9 Å². The molecule has 0 radical (unpaired) electrons. The number of pyridine rings is 1. The lowest BCUT2D eigenvalue weighted by Crippen LogP contribution is -2.31. The van der Waals surface area contributed by atoms with E-state index in [1.807, 2.05) is 55.5 Å². The Labute approximate surface area is 170 Å². The van der Waals surface area contributed by atoms with Crippen molar-refractivity contribution in [2.24, 2.45) is 5.92 Å². The Kier molecular flexibility index (Phi) is 5.35. The zero-order valence-corrected chi connectivity index (χ0v) is 16.5. The zero-order valence-electron chi connectivity index (χ0n) is 16.5. The lowest BCUT2D eigenvalue weighted by atomic mass is 10.1. The van der Waals surface area contributed by atoms with Gasteiger partial charge in [-0.3, -0.25) is 9.78 Å². The fourth-order valence-corrected chi connectivity index (χ4v) is 3.24. The summed E-state index contributed by atoms with van der Waals surface area (Å²) < 4.78 is 11.5. The first kappa shape index (κ1) is 18.8. The summed E-state index contributed by atoms with van der Waals surface area (Å²) in [6.45, 7) is 2.77. The molecule has 0 fully saturated rings. The van der Waals surface area contributed by atoms with Crippen molar-refractivity contribution < 1.29 is 14.3 Å². The van der Waals surface area contributed by atoms with E-state index in [4.69, 9.17) is 9.47 Å². The van der Waals surface area contributed by atoms with Gasteiger partial charge < -0.3 is 14.4 Å². The highest BCUT2D eigenvalue weighted by atomic mass is 16.5. The third-order valence-corrected chi connectivity index (χ3v) is 4.86. The Morgan fingerprint density at radius 1 is 1.24 bits per heavy atom. The molecule has 0 unspecified atom stereocenters. The minimum absolute atomic E-state index is 0.0489. The van der Waals surface area contributed by atoms with Gasteiger partial charge in [-0.05, 0) is 42.5 Å². The molecule has 0 aliphatic carbocycles. The number of hydrogen-bond donors (Lipinski definition) is 0. The fraction of sp³-hybridized carbons (Fsp3) is 0.250. The zero-order chi connectivity index (χ0) is 20.2. The van der Waals surface area contributed by atoms with Crippen molar-refractivity contribution in [3.8, 4) is 23.3 Å². The molecule has 0 saturated heterocycles. The summed E-state index contributed by atoms with van der Waals surface area (Å²) in [7, 11) is 1.77. The van der Waals surface area contributed by atoms with Gasteiger partial charge >= 0.3 is 0 Å². The summed E-state index contributed by atoms with van der Waals surface area (Å²) in [5.74, 6) is 7.69. The van der Waals surface area contributed by atoms with Crippen molar-refractivity contribution in [3.05, 3.63) is 60.3 Å². The number of carbonyl (C=O) groups excluding carboxylic acids is 1. The number of ether oxygens (including phenoxy) is 2. The van der Waals surface area contributed by atoms with Gasteiger partial charge in [-0.2, -0.15) is 0 Å². The molecule has 0 saturated carbocycles. The summed E-state index contributed by atoms with van der Waals surface area (Å²) in [6.07, 6.45) is 2.38. The number of nitrogens with zero attached hydrogens (tertiary/aromatic N) is 2. The van der Waals surface area contributed by atoms with Crippen LogP contribution in [0.5, 0.6) is 11.5 Å². The molecule has 0 bridgehead atoms. The van der Waals surface area contributed by atoms with Crippen molar-refractivity contribution >= 4 is 22.5 Å². The van der Waals surface area contributed by atoms with E-state index in [1.54, 1.807) is 18.1 Å². The summed E-state index contributed by atoms with van der Waals surface area (Å²) in [6, 6.07) is 15.5. The second-order valence-corrected chi connectivity index (χ2v) is 7.05. The first-order valence-corrected chi connectivity index (χ1v) is 9.63. The summed E-state index contributed by atoms with van der Waals surface area (Å²) in [5.41, 5.74) is 2.55. The molecule has 2 aromatic carbocycles. The molecule has 0 N–H and O–H groups in total. The van der Waals surface area contributed by atoms with Gasteiger partial charge in [0.05, 0.1) is 30.3 Å². The molecule has 5 nitrogen and oxygen atoms in total. The molecule has 1 aliphatic rings. The predicted molar refractivity (Wildman–Crippen MR) is 113 cm³/mol. The number of benzene rings is 2. The SMILES string of the molecule is C[C@H]1COc2ccc(C#CCCOc3ccc4ncccc4c3)cc2N(C)C1=O. The average molecular weight is 386 g/mol. The molecule has 146 valence electrons. The number of anilines is 1. The normalized spacial score (nSPS) is 15.7. The van der Waals surface area contributed by atoms with Gasteiger partial charge in [0.25, 0.3) is 0 Å². The van der Waals surface area contributed by atoms with Gasteiger partial charge in [-0.15, -0.1) is 0 Å². The molecule has 1 aliphatic heterocycles. The van der Waals surface area contributed by atoms with Crippen molar-refractivity contribution in [3.63, 3.8) is 0 Å². The van der Waals surface area contributed by atoms with E-state index in [9.17, 15) is 4.79 Å². The highest BCUT2D eigenvalue weighted by molar-refractivity contribution is 5.96. The second-order valence-electron chi connectivity index (χ2n) is 7.05. The van der Waals surface area contributed by atoms with Crippen LogP contribution in [0.3, 0.4) is 0 Å². The number of hydrogen-bond acceptors (Lipinski definition) is 4. The van der Waals surface area contributed by atoms with Gasteiger partial charge in [0, 0.05) is 30.6 Å². The quantitative estimate of drug-likeness (QED) is 0.503. The van der Waals surface area contributed by atoms with Crippen molar-refractivity contribution in [2.45, 2.75) is 13.3 Å². The second kappa shape index (κ2) is 8.24.